The predicted molar refractivity (Wildman–Crippen MR) is 195 cm³/mol. The highest BCUT2D eigenvalue weighted by molar-refractivity contribution is 6.10. The molecule has 0 saturated heterocycles. The molecule has 0 atom stereocenters. The van der Waals surface area contributed by atoms with Crippen molar-refractivity contribution < 1.29 is 0 Å². The molecule has 0 unspecified atom stereocenters. The predicted octanol–water partition coefficient (Wildman–Crippen LogP) is 11.7. The van der Waals surface area contributed by atoms with Gasteiger partial charge in [-0.25, -0.2) is 0 Å². The number of para-hydroxylation sites is 4. The third-order valence-corrected chi connectivity index (χ3v) is 9.15. The monoisotopic (exact) mass is 589 g/mol. The molecule has 0 saturated carbocycles. The van der Waals surface area contributed by atoms with Gasteiger partial charge in [0, 0.05) is 50.0 Å². The van der Waals surface area contributed by atoms with E-state index in [0.29, 0.717) is 0 Å². The van der Waals surface area contributed by atoms with Gasteiger partial charge in [0.15, 0.2) is 0 Å². The quantitative estimate of drug-likeness (QED) is 0.195. The molecule has 0 aliphatic heterocycles. The molecule has 218 valence electrons. The van der Waals surface area contributed by atoms with Gasteiger partial charge in [0.05, 0.1) is 22.1 Å². The lowest BCUT2D eigenvalue weighted by Crippen LogP contribution is -2.10. The highest BCUT2D eigenvalue weighted by atomic mass is 15.1. The summed E-state index contributed by atoms with van der Waals surface area (Å²) in [5.74, 6) is 0. The van der Waals surface area contributed by atoms with Crippen molar-refractivity contribution in [2.24, 2.45) is 0 Å². The molecular weight excluding hydrogens is 558 g/mol. The molecular formula is C43H31N3. The van der Waals surface area contributed by atoms with Crippen LogP contribution in [0.2, 0.25) is 0 Å². The number of aromatic nitrogens is 2. The van der Waals surface area contributed by atoms with Crippen LogP contribution in [0.3, 0.4) is 0 Å². The van der Waals surface area contributed by atoms with Crippen LogP contribution in [0.25, 0.3) is 55.0 Å². The van der Waals surface area contributed by atoms with E-state index in [1.807, 2.05) is 0 Å². The summed E-state index contributed by atoms with van der Waals surface area (Å²) < 4.78 is 4.73. The second-order valence-electron chi connectivity index (χ2n) is 11.9. The highest BCUT2D eigenvalue weighted by Crippen LogP contribution is 2.38. The largest absolute Gasteiger partial charge is 0.310 e. The first-order valence-electron chi connectivity index (χ1n) is 15.8. The van der Waals surface area contributed by atoms with Crippen LogP contribution in [0.15, 0.2) is 170 Å². The maximum atomic E-state index is 2.37. The average Bonchev–Trinajstić information content (AvgIpc) is 3.63. The summed E-state index contributed by atoms with van der Waals surface area (Å²) in [5.41, 5.74) is 11.7. The number of hydrogen-bond acceptors (Lipinski definition) is 1. The number of anilines is 3. The van der Waals surface area contributed by atoms with Gasteiger partial charge in [-0.05, 0) is 97.4 Å². The van der Waals surface area contributed by atoms with Gasteiger partial charge in [0.25, 0.3) is 0 Å². The Morgan fingerprint density at radius 2 is 0.717 bits per heavy atom. The Morgan fingerprint density at radius 3 is 1.09 bits per heavy atom. The van der Waals surface area contributed by atoms with Crippen molar-refractivity contribution in [3.8, 4) is 11.4 Å². The van der Waals surface area contributed by atoms with Gasteiger partial charge in [-0.3, -0.25) is 0 Å². The zero-order valence-corrected chi connectivity index (χ0v) is 25.5. The van der Waals surface area contributed by atoms with E-state index in [1.54, 1.807) is 0 Å². The number of hydrogen-bond donors (Lipinski definition) is 0. The first kappa shape index (κ1) is 26.4. The van der Waals surface area contributed by atoms with Crippen molar-refractivity contribution in [2.45, 2.75) is 6.92 Å². The standard InChI is InChI=1S/C43H31N3/c1-30-11-10-12-35(29-30)44(31-21-25-33(26-22-31)45-40-17-6-2-13-36(40)37-14-3-7-18-41(37)45)32-23-27-34(28-24-32)46-42-19-8-4-15-38(42)39-16-5-9-20-43(39)46/h2-29H,1H3. The van der Waals surface area contributed by atoms with Gasteiger partial charge >= 0.3 is 0 Å². The van der Waals surface area contributed by atoms with Crippen LogP contribution >= 0.6 is 0 Å². The fourth-order valence-corrected chi connectivity index (χ4v) is 7.12. The summed E-state index contributed by atoms with van der Waals surface area (Å²) in [6.07, 6.45) is 0. The Balaban J connectivity index is 1.16. The summed E-state index contributed by atoms with van der Waals surface area (Å²) in [4.78, 5) is 2.35. The minimum absolute atomic E-state index is 1.11. The van der Waals surface area contributed by atoms with Crippen molar-refractivity contribution in [2.75, 3.05) is 4.90 Å². The lowest BCUT2D eigenvalue weighted by atomic mass is 10.1. The molecule has 0 aliphatic carbocycles. The van der Waals surface area contributed by atoms with E-state index in [4.69, 9.17) is 0 Å². The number of aryl methyl sites for hydroxylation is 1. The second-order valence-corrected chi connectivity index (χ2v) is 11.9. The van der Waals surface area contributed by atoms with Gasteiger partial charge in [-0.15, -0.1) is 0 Å². The molecule has 0 bridgehead atoms. The Labute approximate surface area is 267 Å². The third-order valence-electron chi connectivity index (χ3n) is 9.15. The topological polar surface area (TPSA) is 13.1 Å². The van der Waals surface area contributed by atoms with Crippen molar-refractivity contribution in [3.05, 3.63) is 175 Å². The smallest absolute Gasteiger partial charge is 0.0541 e. The van der Waals surface area contributed by atoms with E-state index in [-0.39, 0.29) is 0 Å². The van der Waals surface area contributed by atoms with Crippen LogP contribution in [0.4, 0.5) is 17.1 Å². The Kier molecular flexibility index (Phi) is 6.04. The molecule has 9 aromatic rings. The Morgan fingerprint density at radius 1 is 0.348 bits per heavy atom. The molecule has 0 amide bonds. The van der Waals surface area contributed by atoms with Crippen LogP contribution in [0.5, 0.6) is 0 Å². The fourth-order valence-electron chi connectivity index (χ4n) is 7.12. The molecule has 0 aliphatic rings. The minimum atomic E-state index is 1.11. The van der Waals surface area contributed by atoms with Gasteiger partial charge in [0.2, 0.25) is 0 Å². The van der Waals surface area contributed by atoms with Crippen LogP contribution in [0, 0.1) is 6.92 Å². The van der Waals surface area contributed by atoms with Gasteiger partial charge < -0.3 is 14.0 Å². The van der Waals surface area contributed by atoms with Crippen molar-refractivity contribution in [1.29, 1.82) is 0 Å². The summed E-state index contributed by atoms with van der Waals surface area (Å²) in [7, 11) is 0. The minimum Gasteiger partial charge on any atom is -0.310 e. The van der Waals surface area contributed by atoms with Crippen LogP contribution < -0.4 is 4.90 Å². The molecule has 0 radical (unpaired) electrons. The van der Waals surface area contributed by atoms with Crippen LogP contribution in [-0.2, 0) is 0 Å². The molecule has 0 N–H and O–H groups in total. The normalized spacial score (nSPS) is 11.6. The Hall–Kier alpha value is -6.06. The molecule has 2 heterocycles. The molecule has 7 aromatic carbocycles. The maximum Gasteiger partial charge on any atom is 0.0541 e. The first-order chi connectivity index (χ1) is 22.7. The molecule has 0 fully saturated rings. The maximum absolute atomic E-state index is 2.37. The zero-order valence-electron chi connectivity index (χ0n) is 25.5. The lowest BCUT2D eigenvalue weighted by molar-refractivity contribution is 1.17. The lowest BCUT2D eigenvalue weighted by Gasteiger charge is -2.26. The van der Waals surface area contributed by atoms with E-state index < -0.39 is 0 Å². The molecule has 0 spiro atoms. The Bertz CT molecular complexity index is 2270. The van der Waals surface area contributed by atoms with Crippen molar-refractivity contribution >= 4 is 60.7 Å². The van der Waals surface area contributed by atoms with Gasteiger partial charge in [-0.1, -0.05) is 84.9 Å². The SMILES string of the molecule is Cc1cccc(N(c2ccc(-n3c4ccccc4c4ccccc43)cc2)c2ccc(-n3c4ccccc4c4ccccc43)cc2)c1. The molecule has 3 heteroatoms. The van der Waals surface area contributed by atoms with Crippen molar-refractivity contribution in [3.63, 3.8) is 0 Å². The summed E-state index contributed by atoms with van der Waals surface area (Å²) in [5, 5.41) is 5.08. The molecule has 46 heavy (non-hydrogen) atoms. The summed E-state index contributed by atoms with van der Waals surface area (Å²) in [6.45, 7) is 2.15. The fraction of sp³-hybridized carbons (Fsp3) is 0.0233. The second kappa shape index (κ2) is 10.5. The average molecular weight is 590 g/mol. The van der Waals surface area contributed by atoms with E-state index in [2.05, 4.69) is 191 Å². The first-order valence-corrected chi connectivity index (χ1v) is 15.8. The molecule has 3 nitrogen and oxygen atoms in total. The number of fused-ring (bicyclic) bond motifs is 6. The molecule has 2 aromatic heterocycles. The van der Waals surface area contributed by atoms with E-state index in [0.717, 1.165) is 28.4 Å². The molecule has 9 rings (SSSR count). The number of benzene rings is 7. The van der Waals surface area contributed by atoms with Crippen LogP contribution in [0.1, 0.15) is 5.56 Å². The van der Waals surface area contributed by atoms with Crippen LogP contribution in [-0.4, -0.2) is 9.13 Å². The number of nitrogens with zero attached hydrogens (tertiary/aromatic N) is 3. The summed E-state index contributed by atoms with van der Waals surface area (Å²) in [6, 6.07) is 61.3. The summed E-state index contributed by atoms with van der Waals surface area (Å²) >= 11 is 0. The van der Waals surface area contributed by atoms with E-state index in [1.165, 1.54) is 49.2 Å². The highest BCUT2D eigenvalue weighted by Gasteiger charge is 2.17. The number of rotatable bonds is 5. The van der Waals surface area contributed by atoms with Crippen molar-refractivity contribution in [1.82, 2.24) is 9.13 Å². The third kappa shape index (κ3) is 4.13. The zero-order chi connectivity index (χ0) is 30.6. The van der Waals surface area contributed by atoms with Gasteiger partial charge in [0.1, 0.15) is 0 Å². The van der Waals surface area contributed by atoms with E-state index in [9.17, 15) is 0 Å². The van der Waals surface area contributed by atoms with Gasteiger partial charge in [-0.2, -0.15) is 0 Å². The van der Waals surface area contributed by atoms with E-state index >= 15 is 0 Å².